The van der Waals surface area contributed by atoms with E-state index < -0.39 is 42.5 Å². The monoisotopic (exact) mass is 392 g/mol. The van der Waals surface area contributed by atoms with E-state index in [9.17, 15) is 19.2 Å². The second kappa shape index (κ2) is 8.17. The highest BCUT2D eigenvalue weighted by molar-refractivity contribution is 6.08. The normalized spacial score (nSPS) is 26.0. The zero-order chi connectivity index (χ0) is 21.1. The molecule has 28 heavy (non-hydrogen) atoms. The second-order valence-electron chi connectivity index (χ2n) is 8.64. The van der Waals surface area contributed by atoms with Gasteiger partial charge in [0.25, 0.3) is 11.8 Å². The molecule has 1 saturated carbocycles. The molecule has 1 heterocycles. The predicted molar refractivity (Wildman–Crippen MR) is 98.6 cm³/mol. The van der Waals surface area contributed by atoms with Gasteiger partial charge in [0.15, 0.2) is 6.61 Å². The van der Waals surface area contributed by atoms with Crippen LogP contribution in [0, 0.1) is 22.7 Å². The smallest absolute Gasteiger partial charge is 0.326 e. The van der Waals surface area contributed by atoms with Gasteiger partial charge in [-0.2, -0.15) is 5.26 Å². The lowest BCUT2D eigenvalue weighted by Gasteiger charge is -2.43. The minimum Gasteiger partial charge on any atom is -0.454 e. The zero-order valence-corrected chi connectivity index (χ0v) is 16.9. The van der Waals surface area contributed by atoms with Gasteiger partial charge in [0.05, 0.1) is 12.5 Å². The Bertz CT molecular complexity index is 714. The van der Waals surface area contributed by atoms with Crippen molar-refractivity contribution in [1.29, 1.82) is 5.26 Å². The lowest BCUT2D eigenvalue weighted by atomic mass is 9.64. The summed E-state index contributed by atoms with van der Waals surface area (Å²) in [6.45, 7) is 5.38. The van der Waals surface area contributed by atoms with Gasteiger partial charge in [0.2, 0.25) is 0 Å². The molecular weight excluding hydrogens is 364 g/mol. The van der Waals surface area contributed by atoms with Crippen molar-refractivity contribution in [2.24, 2.45) is 11.3 Å². The van der Waals surface area contributed by atoms with E-state index in [4.69, 9.17) is 10.00 Å². The third-order valence-electron chi connectivity index (χ3n) is 5.25. The summed E-state index contributed by atoms with van der Waals surface area (Å²) in [6.07, 6.45) is 2.19. The number of carbonyl (C=O) groups is 4. The summed E-state index contributed by atoms with van der Waals surface area (Å²) in [7, 11) is 1.50. The number of likely N-dealkylation sites (N-methyl/N-ethyl adjacent to an activating group) is 1. The topological polar surface area (TPSA) is 120 Å². The minimum absolute atomic E-state index is 0.0996. The quantitative estimate of drug-likeness (QED) is 0.533. The molecule has 2 fully saturated rings. The van der Waals surface area contributed by atoms with Crippen LogP contribution < -0.4 is 5.32 Å². The minimum atomic E-state index is -0.980. The highest BCUT2D eigenvalue weighted by Crippen LogP contribution is 2.46. The number of ether oxygens (including phenoxy) is 1. The van der Waals surface area contributed by atoms with E-state index >= 15 is 0 Å². The first kappa shape index (κ1) is 21.7. The summed E-state index contributed by atoms with van der Waals surface area (Å²) < 4.78 is 4.91. The fraction of sp³-hybridized carbons (Fsp3) is 0.737. The molecule has 0 aromatic heterocycles. The molecule has 1 aliphatic carbocycles. The van der Waals surface area contributed by atoms with Gasteiger partial charge in [-0.15, -0.1) is 0 Å². The van der Waals surface area contributed by atoms with Gasteiger partial charge in [-0.25, -0.2) is 4.79 Å². The van der Waals surface area contributed by atoms with Crippen molar-refractivity contribution in [2.45, 2.75) is 52.0 Å². The molecule has 0 radical (unpaired) electrons. The molecule has 4 amide bonds. The number of hydrogen-bond donors (Lipinski definition) is 1. The Balaban J connectivity index is 1.95. The van der Waals surface area contributed by atoms with Crippen LogP contribution in [0.2, 0.25) is 0 Å². The first-order valence-electron chi connectivity index (χ1n) is 9.40. The highest BCUT2D eigenvalue weighted by atomic mass is 16.5. The molecule has 9 nitrogen and oxygen atoms in total. The fourth-order valence-electron chi connectivity index (χ4n) is 4.42. The number of nitrogens with zero attached hydrogens (tertiary/aromatic N) is 3. The van der Waals surface area contributed by atoms with Crippen molar-refractivity contribution in [1.82, 2.24) is 15.1 Å². The molecule has 0 aromatic carbocycles. The van der Waals surface area contributed by atoms with Crippen molar-refractivity contribution >= 4 is 23.8 Å². The van der Waals surface area contributed by atoms with E-state index in [1.165, 1.54) is 11.9 Å². The summed E-state index contributed by atoms with van der Waals surface area (Å²) in [4.78, 5) is 51.4. The lowest BCUT2D eigenvalue weighted by Crippen LogP contribution is -2.54. The lowest BCUT2D eigenvalue weighted by molar-refractivity contribution is -0.153. The Morgan fingerprint density at radius 2 is 2.04 bits per heavy atom. The van der Waals surface area contributed by atoms with Crippen molar-refractivity contribution < 1.29 is 23.9 Å². The molecule has 154 valence electrons. The largest absolute Gasteiger partial charge is 0.454 e. The SMILES string of the molecule is C[C@@H]1CC(C)(C)C[C@]2(C1)NC(=O)N(CC(=O)OCC(=O)N(C)CCC#N)C2=O. The van der Waals surface area contributed by atoms with E-state index in [1.54, 1.807) is 0 Å². The van der Waals surface area contributed by atoms with Crippen LogP contribution in [0.4, 0.5) is 4.79 Å². The number of rotatable bonds is 6. The number of imide groups is 1. The second-order valence-corrected chi connectivity index (χ2v) is 8.64. The predicted octanol–water partition coefficient (Wildman–Crippen LogP) is 1.04. The van der Waals surface area contributed by atoms with Gasteiger partial charge >= 0.3 is 12.0 Å². The van der Waals surface area contributed by atoms with Crippen molar-refractivity contribution in [3.05, 3.63) is 0 Å². The van der Waals surface area contributed by atoms with Gasteiger partial charge in [0, 0.05) is 13.6 Å². The van der Waals surface area contributed by atoms with Crippen LogP contribution in [-0.4, -0.2) is 65.9 Å². The third-order valence-corrected chi connectivity index (χ3v) is 5.25. The first-order chi connectivity index (χ1) is 13.0. The van der Waals surface area contributed by atoms with Crippen LogP contribution in [0.25, 0.3) is 0 Å². The van der Waals surface area contributed by atoms with Gasteiger partial charge in [0.1, 0.15) is 12.1 Å². The highest BCUT2D eigenvalue weighted by Gasteiger charge is 2.56. The maximum Gasteiger partial charge on any atom is 0.326 e. The average Bonchev–Trinajstić information content (AvgIpc) is 2.79. The van der Waals surface area contributed by atoms with Gasteiger partial charge in [-0.05, 0) is 30.6 Å². The maximum atomic E-state index is 13.0. The number of esters is 1. The van der Waals surface area contributed by atoms with Crippen LogP contribution in [0.3, 0.4) is 0 Å². The third kappa shape index (κ3) is 4.80. The molecule has 0 bridgehead atoms. The summed E-state index contributed by atoms with van der Waals surface area (Å²) in [5.41, 5.74) is -1.08. The van der Waals surface area contributed by atoms with E-state index in [1.807, 2.05) is 13.0 Å². The van der Waals surface area contributed by atoms with Crippen LogP contribution in [-0.2, 0) is 19.1 Å². The number of nitriles is 1. The number of carbonyl (C=O) groups excluding carboxylic acids is 4. The molecule has 2 aliphatic rings. The fourth-order valence-corrected chi connectivity index (χ4v) is 4.42. The Morgan fingerprint density at radius 3 is 2.64 bits per heavy atom. The van der Waals surface area contributed by atoms with Gasteiger partial charge in [-0.1, -0.05) is 20.8 Å². The molecule has 0 unspecified atom stereocenters. The van der Waals surface area contributed by atoms with Crippen LogP contribution in [0.15, 0.2) is 0 Å². The zero-order valence-electron chi connectivity index (χ0n) is 16.9. The summed E-state index contributed by atoms with van der Waals surface area (Å²) in [5.74, 6) is -1.43. The molecule has 9 heteroatoms. The van der Waals surface area contributed by atoms with E-state index in [0.29, 0.717) is 12.8 Å². The number of hydrogen-bond acceptors (Lipinski definition) is 6. The standard InChI is InChI=1S/C19H28N4O5/c1-13-8-18(2,3)12-19(9-13)16(26)23(17(27)21-19)10-15(25)28-11-14(24)22(4)7-5-6-20/h13H,5,7-12H2,1-4H3,(H,21,27)/t13-,19+/m1/s1. The van der Waals surface area contributed by atoms with E-state index in [0.717, 1.165) is 11.3 Å². The Labute approximate surface area is 165 Å². The van der Waals surface area contributed by atoms with Crippen molar-refractivity contribution in [3.63, 3.8) is 0 Å². The van der Waals surface area contributed by atoms with E-state index in [2.05, 4.69) is 19.2 Å². The summed E-state index contributed by atoms with van der Waals surface area (Å²) >= 11 is 0. The molecule has 0 aromatic rings. The van der Waals surface area contributed by atoms with Crippen LogP contribution in [0.1, 0.15) is 46.5 Å². The van der Waals surface area contributed by atoms with Crippen LogP contribution >= 0.6 is 0 Å². The average molecular weight is 392 g/mol. The van der Waals surface area contributed by atoms with E-state index in [-0.39, 0.29) is 24.3 Å². The molecule has 2 rings (SSSR count). The molecule has 2 atom stereocenters. The summed E-state index contributed by atoms with van der Waals surface area (Å²) in [5, 5.41) is 11.3. The Morgan fingerprint density at radius 1 is 1.36 bits per heavy atom. The number of urea groups is 1. The number of nitrogens with one attached hydrogen (secondary N) is 1. The molecule has 1 N–H and O–H groups in total. The van der Waals surface area contributed by atoms with Crippen molar-refractivity contribution in [3.8, 4) is 6.07 Å². The molecular formula is C19H28N4O5. The van der Waals surface area contributed by atoms with Crippen molar-refractivity contribution in [2.75, 3.05) is 26.7 Å². The summed E-state index contributed by atoms with van der Waals surface area (Å²) in [6, 6.07) is 1.32. The van der Waals surface area contributed by atoms with Gasteiger partial charge < -0.3 is 15.0 Å². The Kier molecular flexibility index (Phi) is 6.32. The Hall–Kier alpha value is -2.63. The van der Waals surface area contributed by atoms with Crippen LogP contribution in [0.5, 0.6) is 0 Å². The molecule has 1 saturated heterocycles. The maximum absolute atomic E-state index is 13.0. The number of amides is 4. The molecule has 1 spiro atoms. The molecule has 1 aliphatic heterocycles. The van der Waals surface area contributed by atoms with Gasteiger partial charge in [-0.3, -0.25) is 19.3 Å². The first-order valence-corrected chi connectivity index (χ1v) is 9.40.